The summed E-state index contributed by atoms with van der Waals surface area (Å²) in [4.78, 5) is 10.7. The highest BCUT2D eigenvalue weighted by Crippen LogP contribution is 2.27. The first-order chi connectivity index (χ1) is 5.61. The number of ether oxygens (including phenoxy) is 1. The van der Waals surface area contributed by atoms with Crippen LogP contribution in [0.25, 0.3) is 0 Å². The maximum Gasteiger partial charge on any atom is 0.302 e. The Morgan fingerprint density at radius 2 is 2.25 bits per heavy atom. The molecule has 1 saturated carbocycles. The van der Waals surface area contributed by atoms with Crippen molar-refractivity contribution >= 4 is 28.6 Å². The smallest absolute Gasteiger partial charge is 0.302 e. The Labute approximate surface area is 85.6 Å². The van der Waals surface area contributed by atoms with Gasteiger partial charge in [-0.25, -0.2) is 0 Å². The average Bonchev–Trinajstić information content (AvgIpc) is 1.98. The number of aliphatic hydroxyl groups is 1. The molecular formula is C8H13IO3. The number of aliphatic hydroxyl groups excluding tert-OH is 1. The first-order valence-corrected chi connectivity index (χ1v) is 5.35. The van der Waals surface area contributed by atoms with Gasteiger partial charge in [0.25, 0.3) is 0 Å². The number of esters is 1. The summed E-state index contributed by atoms with van der Waals surface area (Å²) >= 11 is 2.15. The fraction of sp³-hybridized carbons (Fsp3) is 0.875. The van der Waals surface area contributed by atoms with E-state index in [0.29, 0.717) is 0 Å². The van der Waals surface area contributed by atoms with Gasteiger partial charge in [0, 0.05) is 6.92 Å². The zero-order valence-electron chi connectivity index (χ0n) is 7.00. The fourth-order valence-corrected chi connectivity index (χ4v) is 2.30. The maximum absolute atomic E-state index is 10.7. The van der Waals surface area contributed by atoms with Gasteiger partial charge in [-0.2, -0.15) is 0 Å². The van der Waals surface area contributed by atoms with Gasteiger partial charge in [0.15, 0.2) is 0 Å². The number of hydrogen-bond donors (Lipinski definition) is 1. The minimum atomic E-state index is -0.316. The lowest BCUT2D eigenvalue weighted by Crippen LogP contribution is -2.39. The van der Waals surface area contributed by atoms with Crippen LogP contribution < -0.4 is 0 Å². The number of halogens is 1. The minimum absolute atomic E-state index is 0.0558. The Bertz CT molecular complexity index is 172. The highest BCUT2D eigenvalue weighted by molar-refractivity contribution is 14.1. The molecule has 0 aromatic rings. The molecule has 0 unspecified atom stereocenters. The van der Waals surface area contributed by atoms with Gasteiger partial charge >= 0.3 is 5.97 Å². The number of carbonyl (C=O) groups is 1. The van der Waals surface area contributed by atoms with E-state index < -0.39 is 0 Å². The summed E-state index contributed by atoms with van der Waals surface area (Å²) in [5.41, 5.74) is 0. The quantitative estimate of drug-likeness (QED) is 0.448. The van der Waals surface area contributed by atoms with Gasteiger partial charge in [-0.1, -0.05) is 22.6 Å². The van der Waals surface area contributed by atoms with Crippen LogP contribution in [0.15, 0.2) is 0 Å². The lowest BCUT2D eigenvalue weighted by molar-refractivity contribution is -0.148. The van der Waals surface area contributed by atoms with E-state index in [1.165, 1.54) is 6.92 Å². The predicted octanol–water partition coefficient (Wildman–Crippen LogP) is 1.27. The largest absolute Gasteiger partial charge is 0.461 e. The lowest BCUT2D eigenvalue weighted by Gasteiger charge is -2.30. The van der Waals surface area contributed by atoms with Crippen LogP contribution in [0.2, 0.25) is 0 Å². The molecule has 1 aliphatic rings. The van der Waals surface area contributed by atoms with Crippen molar-refractivity contribution in [2.75, 3.05) is 0 Å². The molecule has 0 aromatic carbocycles. The summed E-state index contributed by atoms with van der Waals surface area (Å²) in [6.45, 7) is 1.41. The fourth-order valence-electron chi connectivity index (χ4n) is 1.43. The third kappa shape index (κ3) is 2.58. The first kappa shape index (κ1) is 10.2. The van der Waals surface area contributed by atoms with Crippen LogP contribution in [0.1, 0.15) is 26.2 Å². The molecule has 0 amide bonds. The molecule has 0 spiro atoms. The van der Waals surface area contributed by atoms with Crippen molar-refractivity contribution in [3.8, 4) is 0 Å². The lowest BCUT2D eigenvalue weighted by atomic mass is 9.95. The second-order valence-corrected chi connectivity index (χ2v) is 4.53. The van der Waals surface area contributed by atoms with Gasteiger partial charge in [-0.15, -0.1) is 0 Å². The van der Waals surface area contributed by atoms with E-state index in [1.54, 1.807) is 0 Å². The van der Waals surface area contributed by atoms with Crippen LogP contribution >= 0.6 is 22.6 Å². The Morgan fingerprint density at radius 1 is 1.58 bits per heavy atom. The summed E-state index contributed by atoms with van der Waals surface area (Å²) < 4.78 is 5.12. The van der Waals surface area contributed by atoms with Crippen LogP contribution in [0.5, 0.6) is 0 Å². The van der Waals surface area contributed by atoms with Crippen LogP contribution in [0.3, 0.4) is 0 Å². The number of rotatable bonds is 1. The zero-order valence-corrected chi connectivity index (χ0v) is 9.15. The SMILES string of the molecule is CC(=O)O[C@@H]1CCC[C@@H](O)[C@@H]1I. The van der Waals surface area contributed by atoms with Crippen LogP contribution in [0.4, 0.5) is 0 Å². The second-order valence-electron chi connectivity index (χ2n) is 3.09. The molecule has 1 aliphatic carbocycles. The monoisotopic (exact) mass is 284 g/mol. The zero-order chi connectivity index (χ0) is 9.14. The van der Waals surface area contributed by atoms with Crippen molar-refractivity contribution in [1.82, 2.24) is 0 Å². The number of hydrogen-bond acceptors (Lipinski definition) is 3. The van der Waals surface area contributed by atoms with E-state index in [-0.39, 0.29) is 22.1 Å². The standard InChI is InChI=1S/C8H13IO3/c1-5(10)12-7-4-2-3-6(11)8(7)9/h6-8,11H,2-4H2,1H3/t6-,7-,8+/m1/s1. The molecule has 3 nitrogen and oxygen atoms in total. The highest BCUT2D eigenvalue weighted by Gasteiger charge is 2.31. The molecule has 0 aliphatic heterocycles. The van der Waals surface area contributed by atoms with E-state index >= 15 is 0 Å². The third-order valence-electron chi connectivity index (χ3n) is 2.03. The van der Waals surface area contributed by atoms with Crippen molar-refractivity contribution in [2.24, 2.45) is 0 Å². The van der Waals surface area contributed by atoms with Crippen molar-refractivity contribution in [3.05, 3.63) is 0 Å². The van der Waals surface area contributed by atoms with Crippen LogP contribution in [-0.4, -0.2) is 27.2 Å². The molecule has 3 atom stereocenters. The number of alkyl halides is 1. The second kappa shape index (κ2) is 4.41. The van der Waals surface area contributed by atoms with E-state index in [2.05, 4.69) is 22.6 Å². The summed E-state index contributed by atoms with van der Waals surface area (Å²) in [5.74, 6) is -0.254. The van der Waals surface area contributed by atoms with Gasteiger partial charge in [0.2, 0.25) is 0 Å². The van der Waals surface area contributed by atoms with Crippen LogP contribution in [-0.2, 0) is 9.53 Å². The molecule has 1 N–H and O–H groups in total. The van der Waals surface area contributed by atoms with Crippen molar-refractivity contribution in [3.63, 3.8) is 0 Å². The molecule has 4 heteroatoms. The molecule has 1 rings (SSSR count). The summed E-state index contributed by atoms with van der Waals surface area (Å²) in [6.07, 6.45) is 2.24. The van der Waals surface area contributed by atoms with E-state index in [9.17, 15) is 9.90 Å². The van der Waals surface area contributed by atoms with Gasteiger partial charge in [0.05, 0.1) is 10.0 Å². The molecule has 1 fully saturated rings. The molecule has 0 saturated heterocycles. The molecule has 0 radical (unpaired) electrons. The average molecular weight is 284 g/mol. The normalized spacial score (nSPS) is 36.1. The Morgan fingerprint density at radius 3 is 2.83 bits per heavy atom. The molecule has 0 aromatic heterocycles. The summed E-state index contributed by atoms with van der Waals surface area (Å²) in [7, 11) is 0. The Hall–Kier alpha value is 0.160. The van der Waals surface area contributed by atoms with E-state index in [0.717, 1.165) is 19.3 Å². The molecule has 0 bridgehead atoms. The Balaban J connectivity index is 2.46. The molecule has 12 heavy (non-hydrogen) atoms. The van der Waals surface area contributed by atoms with Gasteiger partial charge in [0.1, 0.15) is 6.10 Å². The maximum atomic E-state index is 10.7. The summed E-state index contributed by atoms with van der Waals surface area (Å²) in [6, 6.07) is 0. The van der Waals surface area contributed by atoms with Crippen molar-refractivity contribution in [2.45, 2.75) is 42.3 Å². The summed E-state index contributed by atoms with van der Waals surface area (Å²) in [5, 5.41) is 9.46. The van der Waals surface area contributed by atoms with Gasteiger partial charge in [-0.05, 0) is 19.3 Å². The third-order valence-corrected chi connectivity index (χ3v) is 3.66. The molecular weight excluding hydrogens is 271 g/mol. The minimum Gasteiger partial charge on any atom is -0.461 e. The molecule has 70 valence electrons. The number of carbonyl (C=O) groups excluding carboxylic acids is 1. The first-order valence-electron chi connectivity index (χ1n) is 4.10. The van der Waals surface area contributed by atoms with Crippen molar-refractivity contribution in [1.29, 1.82) is 0 Å². The Kier molecular flexibility index (Phi) is 3.77. The highest BCUT2D eigenvalue weighted by atomic mass is 127. The topological polar surface area (TPSA) is 46.5 Å². The van der Waals surface area contributed by atoms with Crippen LogP contribution in [0, 0.1) is 0 Å². The van der Waals surface area contributed by atoms with E-state index in [4.69, 9.17) is 4.74 Å². The molecule has 0 heterocycles. The van der Waals surface area contributed by atoms with Gasteiger partial charge < -0.3 is 9.84 Å². The van der Waals surface area contributed by atoms with E-state index in [1.807, 2.05) is 0 Å². The van der Waals surface area contributed by atoms with Gasteiger partial charge in [-0.3, -0.25) is 4.79 Å². The predicted molar refractivity (Wildman–Crippen MR) is 53.2 cm³/mol. The van der Waals surface area contributed by atoms with Crippen molar-refractivity contribution < 1.29 is 14.6 Å².